The summed E-state index contributed by atoms with van der Waals surface area (Å²) in [6.45, 7) is 0.263. The maximum atomic E-state index is 12.1. The first-order valence-corrected chi connectivity index (χ1v) is 8.90. The normalized spacial score (nSPS) is 10.7. The maximum Gasteiger partial charge on any atom is 0.338 e. The molecule has 3 heteroatoms. The number of thioether (sulfide) groups is 1. The van der Waals surface area contributed by atoms with E-state index in [0.29, 0.717) is 5.56 Å². The molecule has 0 aliphatic rings. The van der Waals surface area contributed by atoms with Crippen LogP contribution in [0.1, 0.15) is 10.4 Å². The zero-order valence-corrected chi connectivity index (χ0v) is 14.5. The molecule has 0 unspecified atom stereocenters. The molecule has 0 bridgehead atoms. The number of rotatable bonds is 6. The molecule has 25 heavy (non-hydrogen) atoms. The molecule has 0 aliphatic heterocycles. The minimum absolute atomic E-state index is 0.263. The molecule has 0 radical (unpaired) electrons. The summed E-state index contributed by atoms with van der Waals surface area (Å²) in [6, 6.07) is 27.6. The Kier molecular flexibility index (Phi) is 6.07. The Morgan fingerprint density at radius 3 is 2.08 bits per heavy atom. The smallest absolute Gasteiger partial charge is 0.338 e. The number of esters is 1. The van der Waals surface area contributed by atoms with Crippen LogP contribution in [0.25, 0.3) is 11.1 Å². The number of benzene rings is 3. The third-order valence-electron chi connectivity index (χ3n) is 3.58. The third kappa shape index (κ3) is 5.10. The van der Waals surface area contributed by atoms with Crippen LogP contribution in [0, 0.1) is 0 Å². The monoisotopic (exact) mass is 346 g/mol. The van der Waals surface area contributed by atoms with Crippen molar-refractivity contribution in [3.8, 4) is 11.1 Å². The molecule has 3 aromatic carbocycles. The van der Waals surface area contributed by atoms with Crippen molar-refractivity contribution in [2.45, 2.75) is 4.90 Å². The topological polar surface area (TPSA) is 26.3 Å². The summed E-state index contributed by atoms with van der Waals surface area (Å²) in [5.41, 5.74) is 2.77. The van der Waals surface area contributed by atoms with Crippen LogP contribution >= 0.6 is 11.8 Å². The van der Waals surface area contributed by atoms with Crippen LogP contribution in [0.15, 0.2) is 101 Å². The minimum Gasteiger partial charge on any atom is -0.458 e. The molecule has 2 nitrogen and oxygen atoms in total. The van der Waals surface area contributed by atoms with E-state index in [4.69, 9.17) is 4.74 Å². The lowest BCUT2D eigenvalue weighted by Crippen LogP contribution is -2.04. The Labute approximate surface area is 152 Å². The molecular formula is C22H18O2S. The van der Waals surface area contributed by atoms with Crippen LogP contribution in [0.2, 0.25) is 0 Å². The zero-order valence-electron chi connectivity index (χ0n) is 13.7. The van der Waals surface area contributed by atoms with E-state index in [1.54, 1.807) is 23.9 Å². The molecule has 0 aliphatic carbocycles. The Balaban J connectivity index is 1.50. The molecule has 0 saturated heterocycles. The SMILES string of the molecule is O=C(OC/C=C/Sc1ccccc1)c1ccc(-c2ccccc2)cc1. The van der Waals surface area contributed by atoms with E-state index in [1.165, 1.54) is 0 Å². The third-order valence-corrected chi connectivity index (χ3v) is 4.45. The lowest BCUT2D eigenvalue weighted by molar-refractivity contribution is 0.0549. The molecular weight excluding hydrogens is 328 g/mol. The van der Waals surface area contributed by atoms with E-state index >= 15 is 0 Å². The molecule has 124 valence electrons. The molecule has 0 amide bonds. The van der Waals surface area contributed by atoms with Gasteiger partial charge in [-0.1, -0.05) is 72.4 Å². The lowest BCUT2D eigenvalue weighted by Gasteiger charge is -2.04. The van der Waals surface area contributed by atoms with Crippen LogP contribution < -0.4 is 0 Å². The maximum absolute atomic E-state index is 12.1. The van der Waals surface area contributed by atoms with Gasteiger partial charge in [0, 0.05) is 4.90 Å². The summed E-state index contributed by atoms with van der Waals surface area (Å²) in [6.07, 6.45) is 1.84. The molecule has 0 N–H and O–H groups in total. The van der Waals surface area contributed by atoms with Crippen LogP contribution in [-0.2, 0) is 4.74 Å². The first kappa shape index (κ1) is 17.1. The highest BCUT2D eigenvalue weighted by Crippen LogP contribution is 2.20. The Morgan fingerprint density at radius 2 is 1.40 bits per heavy atom. The average molecular weight is 346 g/mol. The summed E-state index contributed by atoms with van der Waals surface area (Å²) >= 11 is 1.60. The van der Waals surface area contributed by atoms with Crippen LogP contribution in [0.5, 0.6) is 0 Å². The van der Waals surface area contributed by atoms with Gasteiger partial charge in [-0.05, 0) is 46.9 Å². The molecule has 0 heterocycles. The number of hydrogen-bond donors (Lipinski definition) is 0. The van der Waals surface area contributed by atoms with Crippen molar-refractivity contribution in [1.29, 1.82) is 0 Å². The van der Waals surface area contributed by atoms with Gasteiger partial charge >= 0.3 is 5.97 Å². The summed E-state index contributed by atoms with van der Waals surface area (Å²) in [5, 5.41) is 1.93. The average Bonchev–Trinajstić information content (AvgIpc) is 2.69. The first-order chi connectivity index (χ1) is 12.3. The van der Waals surface area contributed by atoms with E-state index in [0.717, 1.165) is 16.0 Å². The van der Waals surface area contributed by atoms with E-state index in [-0.39, 0.29) is 12.6 Å². The van der Waals surface area contributed by atoms with Gasteiger partial charge in [-0.15, -0.1) is 0 Å². The fraction of sp³-hybridized carbons (Fsp3) is 0.0455. The summed E-state index contributed by atoms with van der Waals surface area (Å²) in [7, 11) is 0. The van der Waals surface area contributed by atoms with Gasteiger partial charge in [0.05, 0.1) is 5.56 Å². The molecule has 0 aromatic heterocycles. The van der Waals surface area contributed by atoms with Crippen molar-refractivity contribution in [1.82, 2.24) is 0 Å². The highest BCUT2D eigenvalue weighted by atomic mass is 32.2. The molecule has 3 aromatic rings. The lowest BCUT2D eigenvalue weighted by atomic mass is 10.0. The Hall–Kier alpha value is -2.78. The summed E-state index contributed by atoms with van der Waals surface area (Å²) < 4.78 is 5.27. The van der Waals surface area contributed by atoms with Crippen LogP contribution in [0.4, 0.5) is 0 Å². The van der Waals surface area contributed by atoms with Gasteiger partial charge in [-0.3, -0.25) is 0 Å². The predicted octanol–water partition coefficient (Wildman–Crippen LogP) is 5.82. The first-order valence-electron chi connectivity index (χ1n) is 8.02. The van der Waals surface area contributed by atoms with Crippen LogP contribution in [-0.4, -0.2) is 12.6 Å². The Bertz CT molecular complexity index is 825. The second kappa shape index (κ2) is 8.90. The van der Waals surface area contributed by atoms with Crippen molar-refractivity contribution in [3.63, 3.8) is 0 Å². The van der Waals surface area contributed by atoms with Crippen LogP contribution in [0.3, 0.4) is 0 Å². The number of ether oxygens (including phenoxy) is 1. The van der Waals surface area contributed by atoms with E-state index in [1.807, 2.05) is 84.3 Å². The molecule has 0 spiro atoms. The van der Waals surface area contributed by atoms with Gasteiger partial charge in [0.15, 0.2) is 0 Å². The van der Waals surface area contributed by atoms with Crippen molar-refractivity contribution in [3.05, 3.63) is 102 Å². The van der Waals surface area contributed by atoms with Gasteiger partial charge in [-0.25, -0.2) is 4.79 Å². The van der Waals surface area contributed by atoms with E-state index in [9.17, 15) is 4.79 Å². The highest BCUT2D eigenvalue weighted by Gasteiger charge is 2.06. The van der Waals surface area contributed by atoms with Gasteiger partial charge in [0.1, 0.15) is 6.61 Å². The zero-order chi connectivity index (χ0) is 17.3. The van der Waals surface area contributed by atoms with Gasteiger partial charge in [0.25, 0.3) is 0 Å². The highest BCUT2D eigenvalue weighted by molar-refractivity contribution is 8.02. The standard InChI is InChI=1S/C22H18O2S/c23-22(24-16-7-17-25-21-10-5-2-6-11-21)20-14-12-19(13-15-20)18-8-3-1-4-9-18/h1-15,17H,16H2/b17-7+. The number of carbonyl (C=O) groups excluding carboxylic acids is 1. The quantitative estimate of drug-likeness (QED) is 0.416. The predicted molar refractivity (Wildman–Crippen MR) is 104 cm³/mol. The molecule has 0 atom stereocenters. The van der Waals surface area contributed by atoms with Gasteiger partial charge in [0.2, 0.25) is 0 Å². The fourth-order valence-electron chi connectivity index (χ4n) is 2.30. The Morgan fingerprint density at radius 1 is 0.800 bits per heavy atom. The second-order valence-corrected chi connectivity index (χ2v) is 6.32. The minimum atomic E-state index is -0.311. The van der Waals surface area contributed by atoms with Crippen molar-refractivity contribution < 1.29 is 9.53 Å². The molecule has 3 rings (SSSR count). The van der Waals surface area contributed by atoms with E-state index in [2.05, 4.69) is 0 Å². The van der Waals surface area contributed by atoms with Crippen molar-refractivity contribution in [2.75, 3.05) is 6.61 Å². The molecule has 0 fully saturated rings. The van der Waals surface area contributed by atoms with Crippen molar-refractivity contribution in [2.24, 2.45) is 0 Å². The van der Waals surface area contributed by atoms with Crippen molar-refractivity contribution >= 4 is 17.7 Å². The molecule has 0 saturated carbocycles. The van der Waals surface area contributed by atoms with E-state index < -0.39 is 0 Å². The summed E-state index contributed by atoms with van der Waals surface area (Å²) in [4.78, 5) is 13.2. The second-order valence-electron chi connectivity index (χ2n) is 5.34. The number of hydrogen-bond acceptors (Lipinski definition) is 3. The summed E-state index contributed by atoms with van der Waals surface area (Å²) in [5.74, 6) is -0.311. The largest absolute Gasteiger partial charge is 0.458 e. The fourth-order valence-corrected chi connectivity index (χ4v) is 2.95. The number of carbonyl (C=O) groups is 1. The van der Waals surface area contributed by atoms with Gasteiger partial charge < -0.3 is 4.74 Å². The van der Waals surface area contributed by atoms with Gasteiger partial charge in [-0.2, -0.15) is 0 Å².